The second kappa shape index (κ2) is 9.18. The predicted molar refractivity (Wildman–Crippen MR) is 134 cm³/mol. The number of carbonyl (C=O) groups excluding carboxylic acids is 2. The highest BCUT2D eigenvalue weighted by Crippen LogP contribution is 2.44. The molecule has 5 heteroatoms. The molecule has 1 N–H and O–H groups in total. The smallest absolute Gasteiger partial charge is 0.300 e. The van der Waals surface area contributed by atoms with Crippen LogP contribution in [0.2, 0.25) is 0 Å². The molecule has 0 saturated carbocycles. The topological polar surface area (TPSA) is 66.8 Å². The zero-order valence-corrected chi connectivity index (χ0v) is 20.1. The van der Waals surface area contributed by atoms with Crippen LogP contribution in [0.1, 0.15) is 53.6 Å². The largest absolute Gasteiger partial charge is 0.507 e. The molecule has 1 fully saturated rings. The van der Waals surface area contributed by atoms with Crippen molar-refractivity contribution in [1.82, 2.24) is 0 Å². The van der Waals surface area contributed by atoms with Crippen LogP contribution in [0.4, 0.5) is 5.69 Å². The van der Waals surface area contributed by atoms with E-state index in [0.29, 0.717) is 11.3 Å². The van der Waals surface area contributed by atoms with Gasteiger partial charge in [-0.15, -0.1) is 0 Å². The van der Waals surface area contributed by atoms with Crippen LogP contribution in [0.25, 0.3) is 5.76 Å². The number of benzene rings is 3. The van der Waals surface area contributed by atoms with Gasteiger partial charge in [-0.25, -0.2) is 0 Å². The highest BCUT2D eigenvalue weighted by atomic mass is 16.5. The van der Waals surface area contributed by atoms with Gasteiger partial charge in [0.15, 0.2) is 0 Å². The number of aliphatic hydroxyl groups is 1. The molecule has 3 aromatic carbocycles. The molecule has 1 amide bonds. The molecule has 34 heavy (non-hydrogen) atoms. The maximum atomic E-state index is 13.4. The Hall–Kier alpha value is -3.86. The lowest BCUT2D eigenvalue weighted by Gasteiger charge is -2.27. The number of aliphatic hydroxyl groups excluding tert-OH is 1. The van der Waals surface area contributed by atoms with Gasteiger partial charge in [-0.05, 0) is 66.3 Å². The van der Waals surface area contributed by atoms with Gasteiger partial charge in [0, 0.05) is 11.3 Å². The average Bonchev–Trinajstić information content (AvgIpc) is 3.09. The number of methoxy groups -OCH3 is 1. The van der Waals surface area contributed by atoms with Crippen molar-refractivity contribution in [3.8, 4) is 5.75 Å². The van der Waals surface area contributed by atoms with Crippen LogP contribution in [0, 0.1) is 13.8 Å². The van der Waals surface area contributed by atoms with Crippen molar-refractivity contribution in [3.05, 3.63) is 100 Å². The fraction of sp³-hybridized carbons (Fsp3) is 0.241. The predicted octanol–water partition coefficient (Wildman–Crippen LogP) is 6.06. The maximum Gasteiger partial charge on any atom is 0.300 e. The first-order chi connectivity index (χ1) is 16.3. The van der Waals surface area contributed by atoms with Gasteiger partial charge < -0.3 is 9.84 Å². The number of rotatable bonds is 5. The molecular weight excluding hydrogens is 426 g/mol. The Morgan fingerprint density at radius 3 is 2.21 bits per heavy atom. The number of anilines is 1. The molecule has 1 aliphatic rings. The number of Topliss-reactive ketones (excluding diaryl/α,β-unsaturated/α-hetero) is 1. The van der Waals surface area contributed by atoms with E-state index in [2.05, 4.69) is 0 Å². The Bertz CT molecular complexity index is 1290. The first kappa shape index (κ1) is 23.3. The molecule has 4 rings (SSSR count). The van der Waals surface area contributed by atoms with Crippen molar-refractivity contribution in [2.24, 2.45) is 0 Å². The minimum Gasteiger partial charge on any atom is -0.507 e. The van der Waals surface area contributed by atoms with Crippen molar-refractivity contribution >= 4 is 23.1 Å². The number of ether oxygens (including phenoxy) is 1. The van der Waals surface area contributed by atoms with E-state index in [-0.39, 0.29) is 17.3 Å². The summed E-state index contributed by atoms with van der Waals surface area (Å²) >= 11 is 0. The molecule has 0 bridgehead atoms. The van der Waals surface area contributed by atoms with Gasteiger partial charge in [-0.1, -0.05) is 56.3 Å². The van der Waals surface area contributed by atoms with Gasteiger partial charge in [0.25, 0.3) is 11.7 Å². The summed E-state index contributed by atoms with van der Waals surface area (Å²) in [5, 5.41) is 11.6. The van der Waals surface area contributed by atoms with Gasteiger partial charge in [-0.2, -0.15) is 0 Å². The third-order valence-electron chi connectivity index (χ3n) is 6.42. The van der Waals surface area contributed by atoms with E-state index in [0.717, 1.165) is 28.0 Å². The summed E-state index contributed by atoms with van der Waals surface area (Å²) in [5.74, 6) is -0.663. The standard InChI is InChI=1S/C29H29NO4/c1-17(2)22-16-23(19(4)15-24(22)34-5)27(31)25-26(21-14-10-9-11-18(21)3)30(29(33)28(25)32)20-12-7-6-8-13-20/h6-17,26,31H,1-5H3/b27-25+. The van der Waals surface area contributed by atoms with Crippen molar-refractivity contribution in [2.45, 2.75) is 39.7 Å². The Balaban J connectivity index is 2.01. The summed E-state index contributed by atoms with van der Waals surface area (Å²) in [4.78, 5) is 28.2. The Morgan fingerprint density at radius 1 is 0.941 bits per heavy atom. The van der Waals surface area contributed by atoms with Crippen LogP contribution in [-0.4, -0.2) is 23.9 Å². The van der Waals surface area contributed by atoms with E-state index in [9.17, 15) is 14.7 Å². The highest BCUT2D eigenvalue weighted by Gasteiger charge is 2.47. The maximum absolute atomic E-state index is 13.4. The van der Waals surface area contributed by atoms with Crippen molar-refractivity contribution in [1.29, 1.82) is 0 Å². The first-order valence-corrected chi connectivity index (χ1v) is 11.4. The fourth-order valence-corrected chi connectivity index (χ4v) is 4.60. The fourth-order valence-electron chi connectivity index (χ4n) is 4.60. The summed E-state index contributed by atoms with van der Waals surface area (Å²) in [6.45, 7) is 7.88. The van der Waals surface area contributed by atoms with E-state index < -0.39 is 17.7 Å². The summed E-state index contributed by atoms with van der Waals surface area (Å²) in [6.07, 6.45) is 0. The molecule has 1 unspecified atom stereocenters. The van der Waals surface area contributed by atoms with Crippen molar-refractivity contribution in [3.63, 3.8) is 0 Å². The van der Waals surface area contributed by atoms with E-state index in [1.54, 1.807) is 19.2 Å². The molecule has 0 spiro atoms. The zero-order valence-electron chi connectivity index (χ0n) is 20.1. The lowest BCUT2D eigenvalue weighted by Crippen LogP contribution is -2.29. The average molecular weight is 456 g/mol. The molecule has 1 saturated heterocycles. The SMILES string of the molecule is COc1cc(C)c(/C(O)=C2\C(=O)C(=O)N(c3ccccc3)C2c2ccccc2C)cc1C(C)C. The normalized spacial score (nSPS) is 17.5. The third-order valence-corrected chi connectivity index (χ3v) is 6.42. The Morgan fingerprint density at radius 2 is 1.59 bits per heavy atom. The Kier molecular flexibility index (Phi) is 6.29. The number of hydrogen-bond donors (Lipinski definition) is 1. The van der Waals surface area contributed by atoms with Crippen LogP contribution in [0.3, 0.4) is 0 Å². The molecule has 0 aromatic heterocycles. The molecule has 3 aromatic rings. The van der Waals surface area contributed by atoms with Crippen LogP contribution in [0.15, 0.2) is 72.3 Å². The second-order valence-electron chi connectivity index (χ2n) is 8.93. The molecule has 1 atom stereocenters. The summed E-state index contributed by atoms with van der Waals surface area (Å²) in [6, 6.07) is 19.7. The number of carbonyl (C=O) groups is 2. The number of para-hydroxylation sites is 1. The van der Waals surface area contributed by atoms with E-state index in [1.807, 2.05) is 82.3 Å². The lowest BCUT2D eigenvalue weighted by molar-refractivity contribution is -0.132. The van der Waals surface area contributed by atoms with Crippen molar-refractivity contribution in [2.75, 3.05) is 12.0 Å². The van der Waals surface area contributed by atoms with Gasteiger partial charge in [0.05, 0.1) is 18.7 Å². The van der Waals surface area contributed by atoms with Crippen LogP contribution in [-0.2, 0) is 9.59 Å². The van der Waals surface area contributed by atoms with Crippen LogP contribution < -0.4 is 9.64 Å². The van der Waals surface area contributed by atoms with Crippen molar-refractivity contribution < 1.29 is 19.4 Å². The molecule has 0 radical (unpaired) electrons. The van der Waals surface area contributed by atoms with Gasteiger partial charge in [-0.3, -0.25) is 14.5 Å². The number of amides is 1. The van der Waals surface area contributed by atoms with E-state index >= 15 is 0 Å². The molecule has 174 valence electrons. The third kappa shape index (κ3) is 3.87. The first-order valence-electron chi connectivity index (χ1n) is 11.4. The summed E-state index contributed by atoms with van der Waals surface area (Å²) in [5.41, 5.74) is 4.61. The van der Waals surface area contributed by atoms with E-state index in [4.69, 9.17) is 4.74 Å². The number of aryl methyl sites for hydroxylation is 2. The molecule has 1 aliphatic heterocycles. The van der Waals surface area contributed by atoms with Gasteiger partial charge >= 0.3 is 0 Å². The summed E-state index contributed by atoms with van der Waals surface area (Å²) in [7, 11) is 1.61. The Labute approximate surface area is 200 Å². The number of ketones is 1. The van der Waals surface area contributed by atoms with E-state index in [1.165, 1.54) is 4.90 Å². The molecule has 0 aliphatic carbocycles. The second-order valence-corrected chi connectivity index (χ2v) is 8.93. The summed E-state index contributed by atoms with van der Waals surface area (Å²) < 4.78 is 5.54. The minimum atomic E-state index is -0.743. The molecule has 1 heterocycles. The lowest BCUT2D eigenvalue weighted by atomic mass is 9.89. The molecule has 5 nitrogen and oxygen atoms in total. The number of nitrogens with zero attached hydrogens (tertiary/aromatic N) is 1. The van der Waals surface area contributed by atoms with Gasteiger partial charge in [0.2, 0.25) is 0 Å². The monoisotopic (exact) mass is 455 g/mol. The van der Waals surface area contributed by atoms with Gasteiger partial charge in [0.1, 0.15) is 11.5 Å². The molecular formula is C29H29NO4. The number of hydrogen-bond acceptors (Lipinski definition) is 4. The van der Waals surface area contributed by atoms with Crippen LogP contribution >= 0.6 is 0 Å². The highest BCUT2D eigenvalue weighted by molar-refractivity contribution is 6.51. The minimum absolute atomic E-state index is 0.0890. The van der Waals surface area contributed by atoms with Crippen LogP contribution in [0.5, 0.6) is 5.75 Å². The zero-order chi connectivity index (χ0) is 24.6. The quantitative estimate of drug-likeness (QED) is 0.288.